The summed E-state index contributed by atoms with van der Waals surface area (Å²) < 4.78 is 29.7. The third kappa shape index (κ3) is 4.97. The van der Waals surface area contributed by atoms with Crippen molar-refractivity contribution in [2.75, 3.05) is 5.75 Å². The van der Waals surface area contributed by atoms with Crippen molar-refractivity contribution in [2.24, 2.45) is 11.8 Å². The van der Waals surface area contributed by atoms with E-state index in [1.807, 2.05) is 26.0 Å². The molecular formula is C23H31NO4S. The number of carbonyl (C=O) groups excluding carboxylic acids is 1. The first-order chi connectivity index (χ1) is 13.7. The van der Waals surface area contributed by atoms with Crippen molar-refractivity contribution in [2.45, 2.75) is 65.0 Å². The molecule has 1 fully saturated rings. The molecule has 2 aromatic rings. The Hall–Kier alpha value is -1.95. The van der Waals surface area contributed by atoms with Crippen molar-refractivity contribution >= 4 is 15.6 Å². The number of Topliss-reactive ketones (excluding diaryl/α,β-unsaturated/α-hetero) is 1. The van der Waals surface area contributed by atoms with Gasteiger partial charge in [-0.15, -0.1) is 0 Å². The van der Waals surface area contributed by atoms with Gasteiger partial charge in [-0.25, -0.2) is 13.4 Å². The molecule has 0 amide bonds. The highest BCUT2D eigenvalue weighted by Crippen LogP contribution is 2.33. The molecule has 0 bridgehead atoms. The van der Waals surface area contributed by atoms with Crippen LogP contribution in [0.2, 0.25) is 0 Å². The molecule has 0 radical (unpaired) electrons. The van der Waals surface area contributed by atoms with Gasteiger partial charge in [0.2, 0.25) is 0 Å². The van der Waals surface area contributed by atoms with Crippen LogP contribution >= 0.6 is 0 Å². The number of nitrogens with zero attached hydrogens (tertiary/aromatic N) is 1. The van der Waals surface area contributed by atoms with Crippen molar-refractivity contribution in [1.82, 2.24) is 4.98 Å². The number of carbonyl (C=O) groups is 1. The van der Waals surface area contributed by atoms with E-state index in [2.05, 4.69) is 4.98 Å². The lowest BCUT2D eigenvalue weighted by Crippen LogP contribution is -2.29. The van der Waals surface area contributed by atoms with E-state index >= 15 is 0 Å². The smallest absolute Gasteiger partial charge is 0.181 e. The number of oxazole rings is 1. The van der Waals surface area contributed by atoms with E-state index in [-0.39, 0.29) is 28.6 Å². The number of rotatable bonds is 7. The Labute approximate surface area is 173 Å². The van der Waals surface area contributed by atoms with Crippen LogP contribution in [0.25, 0.3) is 11.3 Å². The van der Waals surface area contributed by atoms with Crippen molar-refractivity contribution in [1.29, 1.82) is 0 Å². The summed E-state index contributed by atoms with van der Waals surface area (Å²) in [4.78, 5) is 16.9. The highest BCUT2D eigenvalue weighted by Gasteiger charge is 2.30. The van der Waals surface area contributed by atoms with E-state index in [4.69, 9.17) is 4.42 Å². The number of ketones is 1. The Morgan fingerprint density at radius 2 is 1.83 bits per heavy atom. The molecule has 5 nitrogen and oxygen atoms in total. The van der Waals surface area contributed by atoms with Crippen LogP contribution in [0.4, 0.5) is 0 Å². The van der Waals surface area contributed by atoms with Gasteiger partial charge in [-0.05, 0) is 76.0 Å². The molecule has 1 aromatic heterocycles. The standard InChI is InChI=1S/C23H31NO4S/c1-15(2)29(26,27)13-18-5-7-19(8-6-18)22(25)11-20-9-10-21(17(4)16(20)3)23-12-24-14-28-23/h9-10,12,14-15,18-19H,5-8,11,13H2,1-4H3. The van der Waals surface area contributed by atoms with Crippen LogP contribution in [0.1, 0.15) is 56.2 Å². The zero-order valence-electron chi connectivity index (χ0n) is 17.8. The average Bonchev–Trinajstić information content (AvgIpc) is 3.20. The maximum absolute atomic E-state index is 12.9. The molecule has 0 atom stereocenters. The first-order valence-corrected chi connectivity index (χ1v) is 12.1. The topological polar surface area (TPSA) is 77.2 Å². The normalized spacial score (nSPS) is 20.2. The van der Waals surface area contributed by atoms with Gasteiger partial charge in [0.1, 0.15) is 5.78 Å². The summed E-state index contributed by atoms with van der Waals surface area (Å²) in [7, 11) is -3.01. The lowest BCUT2D eigenvalue weighted by molar-refractivity contribution is -0.123. The molecule has 1 aromatic carbocycles. The highest BCUT2D eigenvalue weighted by molar-refractivity contribution is 7.91. The summed E-state index contributed by atoms with van der Waals surface area (Å²) in [5.41, 5.74) is 4.28. The van der Waals surface area contributed by atoms with Gasteiger partial charge in [0, 0.05) is 17.9 Å². The number of sulfone groups is 1. The highest BCUT2D eigenvalue weighted by atomic mass is 32.2. The lowest BCUT2D eigenvalue weighted by atomic mass is 9.79. The average molecular weight is 418 g/mol. The second kappa shape index (κ2) is 8.82. The summed E-state index contributed by atoms with van der Waals surface area (Å²) in [6.07, 6.45) is 6.80. The Kier molecular flexibility index (Phi) is 6.62. The molecular weight excluding hydrogens is 386 g/mol. The molecule has 0 aliphatic heterocycles. The molecule has 1 aliphatic rings. The van der Waals surface area contributed by atoms with Crippen LogP contribution in [-0.2, 0) is 21.1 Å². The molecule has 0 saturated heterocycles. The Morgan fingerprint density at radius 3 is 2.41 bits per heavy atom. The van der Waals surface area contributed by atoms with E-state index < -0.39 is 9.84 Å². The van der Waals surface area contributed by atoms with Crippen LogP contribution in [0.3, 0.4) is 0 Å². The minimum atomic E-state index is -3.01. The summed E-state index contributed by atoms with van der Waals surface area (Å²) in [6.45, 7) is 7.57. The van der Waals surface area contributed by atoms with E-state index in [0.717, 1.165) is 53.7 Å². The van der Waals surface area contributed by atoms with Gasteiger partial charge in [0.05, 0.1) is 17.2 Å². The van der Waals surface area contributed by atoms with Crippen molar-refractivity contribution in [3.63, 3.8) is 0 Å². The fourth-order valence-corrected chi connectivity index (χ4v) is 5.56. The Morgan fingerprint density at radius 1 is 1.14 bits per heavy atom. The van der Waals surface area contributed by atoms with E-state index in [1.165, 1.54) is 6.39 Å². The Balaban J connectivity index is 1.61. The number of hydrogen-bond acceptors (Lipinski definition) is 5. The van der Waals surface area contributed by atoms with Crippen LogP contribution < -0.4 is 0 Å². The second-order valence-electron chi connectivity index (χ2n) is 8.63. The van der Waals surface area contributed by atoms with Gasteiger partial charge in [0.15, 0.2) is 22.0 Å². The van der Waals surface area contributed by atoms with Crippen LogP contribution in [0.15, 0.2) is 29.1 Å². The SMILES string of the molecule is Cc1c(CC(=O)C2CCC(CS(=O)(=O)C(C)C)CC2)ccc(-c2cnco2)c1C. The van der Waals surface area contributed by atoms with Crippen molar-refractivity contribution in [3.05, 3.63) is 41.4 Å². The largest absolute Gasteiger partial charge is 0.444 e. The van der Waals surface area contributed by atoms with E-state index in [0.29, 0.717) is 6.42 Å². The monoisotopic (exact) mass is 417 g/mol. The maximum atomic E-state index is 12.9. The molecule has 6 heteroatoms. The van der Waals surface area contributed by atoms with Gasteiger partial charge in [0.25, 0.3) is 0 Å². The van der Waals surface area contributed by atoms with Crippen LogP contribution in [0, 0.1) is 25.7 Å². The molecule has 0 N–H and O–H groups in total. The lowest BCUT2D eigenvalue weighted by Gasteiger charge is -2.28. The third-order valence-electron chi connectivity index (χ3n) is 6.45. The summed E-state index contributed by atoms with van der Waals surface area (Å²) in [6, 6.07) is 4.01. The number of aromatic nitrogens is 1. The molecule has 1 heterocycles. The number of hydrogen-bond donors (Lipinski definition) is 0. The quantitative estimate of drug-likeness (QED) is 0.652. The Bertz CT molecular complexity index is 953. The molecule has 1 aliphatic carbocycles. The molecule has 29 heavy (non-hydrogen) atoms. The predicted octanol–water partition coefficient (Wildman–Crippen LogP) is 4.70. The molecule has 158 valence electrons. The van der Waals surface area contributed by atoms with Gasteiger partial charge < -0.3 is 4.42 Å². The number of benzene rings is 1. The fraction of sp³-hybridized carbons (Fsp3) is 0.565. The van der Waals surface area contributed by atoms with Gasteiger partial charge in [-0.1, -0.05) is 12.1 Å². The van der Waals surface area contributed by atoms with E-state index in [1.54, 1.807) is 20.0 Å². The van der Waals surface area contributed by atoms with Crippen LogP contribution in [0.5, 0.6) is 0 Å². The predicted molar refractivity (Wildman–Crippen MR) is 114 cm³/mol. The minimum absolute atomic E-state index is 0.0432. The summed E-state index contributed by atoms with van der Waals surface area (Å²) in [5.74, 6) is 1.49. The zero-order valence-corrected chi connectivity index (χ0v) is 18.6. The van der Waals surface area contributed by atoms with Gasteiger partial charge in [-0.2, -0.15) is 0 Å². The first-order valence-electron chi connectivity index (χ1n) is 10.4. The van der Waals surface area contributed by atoms with Gasteiger partial charge in [-0.3, -0.25) is 4.79 Å². The molecule has 0 spiro atoms. The van der Waals surface area contributed by atoms with Crippen molar-refractivity contribution in [3.8, 4) is 11.3 Å². The zero-order chi connectivity index (χ0) is 21.2. The summed E-state index contributed by atoms with van der Waals surface area (Å²) in [5, 5.41) is -0.326. The second-order valence-corrected chi connectivity index (χ2v) is 11.2. The minimum Gasteiger partial charge on any atom is -0.444 e. The first kappa shape index (κ1) is 21.8. The van der Waals surface area contributed by atoms with Crippen molar-refractivity contribution < 1.29 is 17.6 Å². The summed E-state index contributed by atoms with van der Waals surface area (Å²) >= 11 is 0. The molecule has 3 rings (SSSR count). The molecule has 1 saturated carbocycles. The van der Waals surface area contributed by atoms with Crippen LogP contribution in [-0.4, -0.2) is 30.2 Å². The third-order valence-corrected chi connectivity index (χ3v) is 8.82. The van der Waals surface area contributed by atoms with Gasteiger partial charge >= 0.3 is 0 Å². The van der Waals surface area contributed by atoms with E-state index in [9.17, 15) is 13.2 Å². The fourth-order valence-electron chi connectivity index (χ4n) is 4.19. The molecule has 0 unspecified atom stereocenters. The maximum Gasteiger partial charge on any atom is 0.181 e.